The lowest BCUT2D eigenvalue weighted by Gasteiger charge is -2.24. The fraction of sp³-hybridized carbons (Fsp3) is 0.500. The average Bonchev–Trinajstić information content (AvgIpc) is 3.38. The Hall–Kier alpha value is -1.54. The van der Waals surface area contributed by atoms with Crippen LogP contribution in [-0.2, 0) is 11.2 Å². The van der Waals surface area contributed by atoms with E-state index in [2.05, 4.69) is 35.4 Å². The van der Waals surface area contributed by atoms with Gasteiger partial charge >= 0.3 is 0 Å². The van der Waals surface area contributed by atoms with Crippen LogP contribution in [0.2, 0.25) is 0 Å². The number of benzene rings is 1. The SMILES string of the molecule is CC#Cc1c(CC2CC2)c2cccc(NC3CCOCC3)c2[s+]1[O-]. The van der Waals surface area contributed by atoms with Crippen LogP contribution in [0.1, 0.15) is 43.0 Å². The highest BCUT2D eigenvalue weighted by molar-refractivity contribution is 7.32. The van der Waals surface area contributed by atoms with Crippen molar-refractivity contribution < 1.29 is 9.29 Å². The van der Waals surface area contributed by atoms with Gasteiger partial charge in [-0.1, -0.05) is 12.0 Å². The lowest BCUT2D eigenvalue weighted by Crippen LogP contribution is -2.27. The molecule has 126 valence electrons. The van der Waals surface area contributed by atoms with Gasteiger partial charge in [-0.2, -0.15) is 0 Å². The molecule has 4 heteroatoms. The Kier molecular flexibility index (Phi) is 4.49. The molecule has 0 radical (unpaired) electrons. The van der Waals surface area contributed by atoms with Crippen LogP contribution in [0, 0.1) is 17.8 Å². The van der Waals surface area contributed by atoms with Crippen LogP contribution in [0.4, 0.5) is 5.69 Å². The molecule has 1 atom stereocenters. The maximum atomic E-state index is 13.1. The Morgan fingerprint density at radius 3 is 2.75 bits per heavy atom. The molecule has 2 fully saturated rings. The fourth-order valence-electron chi connectivity index (χ4n) is 3.53. The second-order valence-electron chi connectivity index (χ2n) is 6.81. The number of hydrogen-bond acceptors (Lipinski definition) is 3. The van der Waals surface area contributed by atoms with E-state index in [0.29, 0.717) is 6.04 Å². The zero-order chi connectivity index (χ0) is 16.5. The highest BCUT2D eigenvalue weighted by atomic mass is 32.2. The van der Waals surface area contributed by atoms with E-state index in [4.69, 9.17) is 4.74 Å². The molecule has 1 aliphatic carbocycles. The van der Waals surface area contributed by atoms with Crippen LogP contribution >= 0.6 is 10.8 Å². The van der Waals surface area contributed by atoms with Gasteiger partial charge in [0.2, 0.25) is 9.58 Å². The van der Waals surface area contributed by atoms with E-state index in [9.17, 15) is 4.55 Å². The van der Waals surface area contributed by atoms with Crippen molar-refractivity contribution in [3.8, 4) is 11.8 Å². The molecule has 1 N–H and O–H groups in total. The van der Waals surface area contributed by atoms with Gasteiger partial charge in [-0.25, -0.2) is 0 Å². The largest absolute Gasteiger partial charge is 0.589 e. The van der Waals surface area contributed by atoms with Crippen LogP contribution < -0.4 is 5.32 Å². The van der Waals surface area contributed by atoms with Gasteiger partial charge in [0.15, 0.2) is 0 Å². The first-order valence-corrected chi connectivity index (χ1v) is 9.98. The number of ether oxygens (including phenoxy) is 1. The molecule has 1 aliphatic heterocycles. The molecule has 3 nitrogen and oxygen atoms in total. The molecule has 1 saturated heterocycles. The number of anilines is 1. The minimum absolute atomic E-state index is 0.399. The maximum absolute atomic E-state index is 13.1. The second-order valence-corrected chi connectivity index (χ2v) is 8.17. The van der Waals surface area contributed by atoms with E-state index in [1.807, 2.05) is 6.92 Å². The summed E-state index contributed by atoms with van der Waals surface area (Å²) in [5.74, 6) is 6.85. The Morgan fingerprint density at radius 2 is 2.04 bits per heavy atom. The number of thiophene rings is 1. The highest BCUT2D eigenvalue weighted by Gasteiger charge is 2.30. The van der Waals surface area contributed by atoms with Crippen LogP contribution in [0.15, 0.2) is 18.2 Å². The van der Waals surface area contributed by atoms with Crippen molar-refractivity contribution in [2.24, 2.45) is 5.92 Å². The van der Waals surface area contributed by atoms with Crippen molar-refractivity contribution >= 4 is 26.5 Å². The fourth-order valence-corrected chi connectivity index (χ4v) is 5.07. The summed E-state index contributed by atoms with van der Waals surface area (Å²) in [6.45, 7) is 3.42. The zero-order valence-corrected chi connectivity index (χ0v) is 14.9. The third-order valence-electron chi connectivity index (χ3n) is 4.99. The van der Waals surface area contributed by atoms with Crippen molar-refractivity contribution in [2.75, 3.05) is 18.5 Å². The molecule has 2 heterocycles. The van der Waals surface area contributed by atoms with Gasteiger partial charge in [-0.15, -0.1) is 0 Å². The van der Waals surface area contributed by atoms with Gasteiger partial charge in [0.1, 0.15) is 0 Å². The summed E-state index contributed by atoms with van der Waals surface area (Å²) < 4.78 is 19.5. The Balaban J connectivity index is 1.78. The molecule has 1 unspecified atom stereocenters. The summed E-state index contributed by atoms with van der Waals surface area (Å²) in [5, 5.41) is 4.76. The molecule has 0 bridgehead atoms. The quantitative estimate of drug-likeness (QED) is 0.658. The molecular weight excluding hydrogens is 318 g/mol. The van der Waals surface area contributed by atoms with Gasteiger partial charge < -0.3 is 14.6 Å². The van der Waals surface area contributed by atoms with Gasteiger partial charge in [-0.05, 0) is 73.7 Å². The minimum atomic E-state index is -1.16. The van der Waals surface area contributed by atoms with Crippen molar-refractivity contribution in [3.05, 3.63) is 28.6 Å². The van der Waals surface area contributed by atoms with E-state index in [-0.39, 0.29) is 0 Å². The summed E-state index contributed by atoms with van der Waals surface area (Å²) in [6, 6.07) is 6.65. The topological polar surface area (TPSA) is 44.3 Å². The van der Waals surface area contributed by atoms with E-state index in [1.165, 1.54) is 18.4 Å². The van der Waals surface area contributed by atoms with E-state index < -0.39 is 10.8 Å². The molecule has 24 heavy (non-hydrogen) atoms. The van der Waals surface area contributed by atoms with Crippen LogP contribution in [0.3, 0.4) is 0 Å². The minimum Gasteiger partial charge on any atom is -0.589 e. The Bertz CT molecular complexity index is 804. The third kappa shape index (κ3) is 3.04. The summed E-state index contributed by atoms with van der Waals surface area (Å²) in [4.78, 5) is 0.834. The summed E-state index contributed by atoms with van der Waals surface area (Å²) >= 11 is 0. The average molecular weight is 341 g/mol. The first-order valence-electron chi connectivity index (χ1n) is 8.83. The first kappa shape index (κ1) is 16.0. The number of fused-ring (bicyclic) bond motifs is 1. The molecule has 2 aromatic rings. The standard InChI is InChI=1S/C20H23NO2S/c1-2-4-19-17(13-14-7-8-14)16-5-3-6-18(20(16)24(19)22)21-15-9-11-23-12-10-15/h3,5-6,14-15,21H,7-13H2,1H3. The summed E-state index contributed by atoms with van der Waals surface area (Å²) in [6.07, 6.45) is 5.60. The highest BCUT2D eigenvalue weighted by Crippen LogP contribution is 2.45. The molecule has 2 aliphatic rings. The zero-order valence-electron chi connectivity index (χ0n) is 14.1. The van der Waals surface area contributed by atoms with E-state index in [1.54, 1.807) is 0 Å². The van der Waals surface area contributed by atoms with Gasteiger partial charge in [-0.3, -0.25) is 0 Å². The molecule has 1 aromatic carbocycles. The summed E-state index contributed by atoms with van der Waals surface area (Å²) in [5.41, 5.74) is 2.23. The number of hydrogen-bond donors (Lipinski definition) is 1. The monoisotopic (exact) mass is 341 g/mol. The van der Waals surface area contributed by atoms with Crippen molar-refractivity contribution in [1.82, 2.24) is 0 Å². The number of nitrogens with one attached hydrogen (secondary N) is 1. The predicted molar refractivity (Wildman–Crippen MR) is 99.0 cm³/mol. The molecular formula is C20H23NO2S. The smallest absolute Gasteiger partial charge is 0.227 e. The lowest BCUT2D eigenvalue weighted by molar-refractivity contribution is 0.0905. The van der Waals surface area contributed by atoms with Gasteiger partial charge in [0, 0.05) is 30.2 Å². The maximum Gasteiger partial charge on any atom is 0.227 e. The first-order chi connectivity index (χ1) is 11.8. The van der Waals surface area contributed by atoms with Crippen molar-refractivity contribution in [3.63, 3.8) is 0 Å². The van der Waals surface area contributed by atoms with Crippen LogP contribution in [0.5, 0.6) is 0 Å². The molecule has 1 saturated carbocycles. The van der Waals surface area contributed by atoms with E-state index in [0.717, 1.165) is 59.0 Å². The van der Waals surface area contributed by atoms with Gasteiger partial charge in [0.05, 0.1) is 5.69 Å². The molecule has 4 rings (SSSR count). The normalized spacial score (nSPS) is 19.2. The molecule has 0 spiro atoms. The van der Waals surface area contributed by atoms with Crippen LogP contribution in [-0.4, -0.2) is 23.8 Å². The molecule has 1 aromatic heterocycles. The molecule has 0 amide bonds. The van der Waals surface area contributed by atoms with Gasteiger partial charge in [0.25, 0.3) is 0 Å². The Morgan fingerprint density at radius 1 is 1.25 bits per heavy atom. The van der Waals surface area contributed by atoms with Crippen molar-refractivity contribution in [2.45, 2.75) is 45.1 Å². The van der Waals surface area contributed by atoms with Crippen molar-refractivity contribution in [1.29, 1.82) is 0 Å². The second kappa shape index (κ2) is 6.76. The third-order valence-corrected chi connectivity index (χ3v) is 6.52. The van der Waals surface area contributed by atoms with E-state index >= 15 is 0 Å². The summed E-state index contributed by atoms with van der Waals surface area (Å²) in [7, 11) is -1.16. The predicted octanol–water partition coefficient (Wildman–Crippen LogP) is 4.48. The Labute approximate surface area is 146 Å². The van der Waals surface area contributed by atoms with Crippen LogP contribution in [0.25, 0.3) is 10.1 Å². The number of rotatable bonds is 4. The lowest BCUT2D eigenvalue weighted by atomic mass is 10.0.